The predicted molar refractivity (Wildman–Crippen MR) is 97.3 cm³/mol. The van der Waals surface area contributed by atoms with Crippen molar-refractivity contribution in [3.05, 3.63) is 42.1 Å². The van der Waals surface area contributed by atoms with Crippen LogP contribution in [-0.4, -0.2) is 54.2 Å². The van der Waals surface area contributed by atoms with E-state index in [9.17, 15) is 24.3 Å². The maximum atomic E-state index is 12.7. The van der Waals surface area contributed by atoms with Gasteiger partial charge in [0.05, 0.1) is 25.3 Å². The molecular formula is C19H20N2O7. The molecule has 2 aromatic rings. The van der Waals surface area contributed by atoms with Gasteiger partial charge in [-0.05, 0) is 12.1 Å². The normalized spacial score (nSPS) is 12.9. The van der Waals surface area contributed by atoms with Gasteiger partial charge in [-0.1, -0.05) is 25.1 Å². The van der Waals surface area contributed by atoms with Gasteiger partial charge in [0.25, 0.3) is 5.91 Å². The first-order valence-corrected chi connectivity index (χ1v) is 8.34. The molecule has 0 aliphatic heterocycles. The first-order chi connectivity index (χ1) is 13.3. The molecule has 9 nitrogen and oxygen atoms in total. The number of carbonyl (C=O) groups excluding carboxylic acids is 3. The van der Waals surface area contributed by atoms with Crippen LogP contribution in [0.4, 0.5) is 0 Å². The number of rotatable bonds is 7. The van der Waals surface area contributed by atoms with Crippen LogP contribution in [-0.2, 0) is 23.9 Å². The van der Waals surface area contributed by atoms with Crippen molar-refractivity contribution in [2.45, 2.75) is 13.0 Å². The Bertz CT molecular complexity index is 891. The number of pyridine rings is 1. The molecule has 1 amide bonds. The number of amides is 1. The Balaban J connectivity index is 2.35. The van der Waals surface area contributed by atoms with Crippen molar-refractivity contribution in [2.75, 3.05) is 14.2 Å². The number of carboxylic acid groups (broad SMARTS) is 1. The highest BCUT2D eigenvalue weighted by Crippen LogP contribution is 2.21. The van der Waals surface area contributed by atoms with E-state index in [2.05, 4.69) is 19.8 Å². The van der Waals surface area contributed by atoms with E-state index in [1.807, 2.05) is 0 Å². The van der Waals surface area contributed by atoms with Crippen LogP contribution in [0.25, 0.3) is 10.9 Å². The fraction of sp³-hybridized carbons (Fsp3) is 0.316. The van der Waals surface area contributed by atoms with Gasteiger partial charge in [-0.2, -0.15) is 0 Å². The van der Waals surface area contributed by atoms with Crippen LogP contribution in [0.5, 0.6) is 0 Å². The van der Waals surface area contributed by atoms with E-state index in [0.717, 1.165) is 14.2 Å². The summed E-state index contributed by atoms with van der Waals surface area (Å²) in [4.78, 5) is 52.6. The third-order valence-corrected chi connectivity index (χ3v) is 4.41. The lowest BCUT2D eigenvalue weighted by Gasteiger charge is -2.26. The molecular weight excluding hydrogens is 368 g/mol. The number of aromatic nitrogens is 1. The second-order valence-corrected chi connectivity index (χ2v) is 6.05. The van der Waals surface area contributed by atoms with Crippen molar-refractivity contribution in [2.24, 2.45) is 11.8 Å². The molecule has 0 spiro atoms. The highest BCUT2D eigenvalue weighted by Gasteiger charge is 2.42. The van der Waals surface area contributed by atoms with E-state index in [-0.39, 0.29) is 5.56 Å². The zero-order valence-electron chi connectivity index (χ0n) is 15.5. The molecule has 0 aliphatic rings. The van der Waals surface area contributed by atoms with E-state index in [1.54, 1.807) is 24.3 Å². The van der Waals surface area contributed by atoms with Crippen molar-refractivity contribution in [1.82, 2.24) is 10.3 Å². The molecule has 0 radical (unpaired) electrons. The van der Waals surface area contributed by atoms with Crippen LogP contribution < -0.4 is 5.32 Å². The number of methoxy groups -OCH3 is 2. The number of esters is 2. The van der Waals surface area contributed by atoms with Gasteiger partial charge in [0.15, 0.2) is 5.92 Å². The van der Waals surface area contributed by atoms with Crippen molar-refractivity contribution < 1.29 is 33.8 Å². The maximum absolute atomic E-state index is 12.7. The number of aliphatic carboxylic acids is 1. The molecule has 1 heterocycles. The van der Waals surface area contributed by atoms with Crippen LogP contribution in [0.2, 0.25) is 0 Å². The number of fused-ring (bicyclic) bond motifs is 1. The van der Waals surface area contributed by atoms with Gasteiger partial charge >= 0.3 is 17.9 Å². The van der Waals surface area contributed by atoms with E-state index in [0.29, 0.717) is 10.9 Å². The van der Waals surface area contributed by atoms with E-state index in [4.69, 9.17) is 0 Å². The summed E-state index contributed by atoms with van der Waals surface area (Å²) in [7, 11) is 2.14. The van der Waals surface area contributed by atoms with Gasteiger partial charge in [-0.25, -0.2) is 4.79 Å². The summed E-state index contributed by atoms with van der Waals surface area (Å²) < 4.78 is 9.16. The molecule has 0 saturated carbocycles. The number of carboxylic acids is 1. The standard InChI is InChI=1S/C19H20N2O7/c1-10(14(18(25)27-2)19(26)28-3)15(17(23)24)21-16(22)12-8-9-20-13-7-5-4-6-11(12)13/h4-10,14-15H,1-3H3,(H,21,22)(H,23,24)/t10-,15-/m1/s1. The molecule has 1 aromatic heterocycles. The first-order valence-electron chi connectivity index (χ1n) is 8.34. The molecule has 0 fully saturated rings. The van der Waals surface area contributed by atoms with E-state index >= 15 is 0 Å². The molecule has 0 unspecified atom stereocenters. The number of hydrogen-bond donors (Lipinski definition) is 2. The second kappa shape index (κ2) is 8.94. The molecule has 0 aliphatic carbocycles. The zero-order chi connectivity index (χ0) is 20.8. The lowest BCUT2D eigenvalue weighted by Crippen LogP contribution is -2.50. The number of carbonyl (C=O) groups is 4. The second-order valence-electron chi connectivity index (χ2n) is 6.05. The van der Waals surface area contributed by atoms with E-state index < -0.39 is 41.7 Å². The van der Waals surface area contributed by atoms with Crippen molar-refractivity contribution in [3.8, 4) is 0 Å². The average Bonchev–Trinajstić information content (AvgIpc) is 2.70. The minimum absolute atomic E-state index is 0.219. The Morgan fingerprint density at radius 2 is 1.64 bits per heavy atom. The zero-order valence-corrected chi connectivity index (χ0v) is 15.5. The summed E-state index contributed by atoms with van der Waals surface area (Å²) >= 11 is 0. The van der Waals surface area contributed by atoms with Crippen LogP contribution in [0.1, 0.15) is 17.3 Å². The van der Waals surface area contributed by atoms with Crippen LogP contribution in [0.3, 0.4) is 0 Å². The number of nitrogens with zero attached hydrogens (tertiary/aromatic N) is 1. The van der Waals surface area contributed by atoms with Crippen molar-refractivity contribution >= 4 is 34.7 Å². The molecule has 9 heteroatoms. The van der Waals surface area contributed by atoms with Crippen LogP contribution in [0.15, 0.2) is 36.5 Å². The molecule has 0 saturated heterocycles. The lowest BCUT2D eigenvalue weighted by atomic mass is 9.87. The van der Waals surface area contributed by atoms with E-state index in [1.165, 1.54) is 19.2 Å². The molecule has 2 rings (SSSR count). The molecule has 1 aromatic carbocycles. The number of para-hydroxylation sites is 1. The largest absolute Gasteiger partial charge is 0.480 e. The molecule has 148 valence electrons. The Morgan fingerprint density at radius 1 is 1.04 bits per heavy atom. The summed E-state index contributed by atoms with van der Waals surface area (Å²) in [6, 6.07) is 6.80. The van der Waals surface area contributed by atoms with Crippen molar-refractivity contribution in [1.29, 1.82) is 0 Å². The summed E-state index contributed by atoms with van der Waals surface area (Å²) in [6.45, 7) is 1.35. The quantitative estimate of drug-likeness (QED) is 0.531. The number of benzene rings is 1. The van der Waals surface area contributed by atoms with Gasteiger partial charge in [0, 0.05) is 17.5 Å². The highest BCUT2D eigenvalue weighted by molar-refractivity contribution is 6.07. The maximum Gasteiger partial charge on any atom is 0.326 e. The summed E-state index contributed by atoms with van der Waals surface area (Å²) in [6.07, 6.45) is 1.43. The Morgan fingerprint density at radius 3 is 2.21 bits per heavy atom. The molecule has 0 bridgehead atoms. The van der Waals surface area contributed by atoms with Gasteiger partial charge in [-0.15, -0.1) is 0 Å². The Kier molecular flexibility index (Phi) is 6.64. The van der Waals surface area contributed by atoms with Gasteiger partial charge < -0.3 is 19.9 Å². The summed E-state index contributed by atoms with van der Waals surface area (Å²) in [5.41, 5.74) is 0.786. The summed E-state index contributed by atoms with van der Waals surface area (Å²) in [5, 5.41) is 12.5. The first kappa shape index (κ1) is 20.8. The number of hydrogen-bond acceptors (Lipinski definition) is 7. The number of nitrogens with one attached hydrogen (secondary N) is 1. The molecule has 2 atom stereocenters. The lowest BCUT2D eigenvalue weighted by molar-refractivity contribution is -0.162. The average molecular weight is 388 g/mol. The predicted octanol–water partition coefficient (Wildman–Crippen LogP) is 1.02. The Hall–Kier alpha value is -3.49. The number of ether oxygens (including phenoxy) is 2. The minimum atomic E-state index is -1.54. The fourth-order valence-electron chi connectivity index (χ4n) is 2.90. The van der Waals surface area contributed by atoms with Crippen molar-refractivity contribution in [3.63, 3.8) is 0 Å². The topological polar surface area (TPSA) is 132 Å². The van der Waals surface area contributed by atoms with Crippen LogP contribution in [0, 0.1) is 11.8 Å². The van der Waals surface area contributed by atoms with Gasteiger partial charge in [-0.3, -0.25) is 19.4 Å². The third-order valence-electron chi connectivity index (χ3n) is 4.41. The third kappa shape index (κ3) is 4.25. The SMILES string of the molecule is COC(=O)C(C(=O)OC)[C@@H](C)[C@@H](NC(=O)c1ccnc2ccccc12)C(=O)O. The summed E-state index contributed by atoms with van der Waals surface area (Å²) in [5.74, 6) is -6.62. The molecule has 28 heavy (non-hydrogen) atoms. The Labute approximate surface area is 160 Å². The fourth-order valence-corrected chi connectivity index (χ4v) is 2.90. The molecule has 2 N–H and O–H groups in total. The highest BCUT2D eigenvalue weighted by atomic mass is 16.5. The van der Waals surface area contributed by atoms with Crippen LogP contribution >= 0.6 is 0 Å². The smallest absolute Gasteiger partial charge is 0.326 e. The monoisotopic (exact) mass is 388 g/mol. The minimum Gasteiger partial charge on any atom is -0.480 e. The van der Waals surface area contributed by atoms with Gasteiger partial charge in [0.1, 0.15) is 6.04 Å². The van der Waals surface area contributed by atoms with Gasteiger partial charge in [0.2, 0.25) is 0 Å².